The van der Waals surface area contributed by atoms with Crippen LogP contribution in [0.2, 0.25) is 0 Å². The van der Waals surface area contributed by atoms with Gasteiger partial charge in [0.1, 0.15) is 0 Å². The van der Waals surface area contributed by atoms with Crippen molar-refractivity contribution in [3.8, 4) is 0 Å². The van der Waals surface area contributed by atoms with Crippen molar-refractivity contribution < 1.29 is 14.6 Å². The van der Waals surface area contributed by atoms with Crippen LogP contribution in [0.5, 0.6) is 0 Å². The smallest absolute Gasteiger partial charge is 0.170 e. The van der Waals surface area contributed by atoms with E-state index >= 15 is 0 Å². The Bertz CT molecular complexity index is 373. The Morgan fingerprint density at radius 3 is 2.62 bits per heavy atom. The largest absolute Gasteiger partial charge is 0.391 e. The molecule has 0 aromatic heterocycles. The van der Waals surface area contributed by atoms with Crippen LogP contribution in [0.25, 0.3) is 0 Å². The number of rotatable bonds is 1. The fraction of sp³-hybridized carbons (Fsp3) is 1.00. The summed E-state index contributed by atoms with van der Waals surface area (Å²) in [5.74, 6) is -0.395. The first-order valence-electron chi connectivity index (χ1n) is 8.70. The Hall–Kier alpha value is -0.200. The van der Waals surface area contributed by atoms with Crippen molar-refractivity contribution in [2.75, 3.05) is 39.4 Å². The van der Waals surface area contributed by atoms with Crippen molar-refractivity contribution >= 4 is 0 Å². The Morgan fingerprint density at radius 2 is 1.76 bits per heavy atom. The lowest BCUT2D eigenvalue weighted by Gasteiger charge is -2.50. The minimum absolute atomic E-state index is 0.209. The van der Waals surface area contributed by atoms with Gasteiger partial charge in [-0.3, -0.25) is 9.80 Å². The van der Waals surface area contributed by atoms with Gasteiger partial charge in [0, 0.05) is 44.6 Å². The van der Waals surface area contributed by atoms with Gasteiger partial charge in [0.25, 0.3) is 0 Å². The molecule has 4 aliphatic rings. The normalized spacial score (nSPS) is 41.3. The molecule has 1 saturated carbocycles. The van der Waals surface area contributed by atoms with Crippen molar-refractivity contribution in [1.82, 2.24) is 9.80 Å². The molecule has 0 amide bonds. The van der Waals surface area contributed by atoms with Crippen LogP contribution in [0.1, 0.15) is 38.5 Å². The van der Waals surface area contributed by atoms with Gasteiger partial charge >= 0.3 is 0 Å². The number of nitrogens with zero attached hydrogens (tertiary/aromatic N) is 2. The predicted molar refractivity (Wildman–Crippen MR) is 79.1 cm³/mol. The molecule has 21 heavy (non-hydrogen) atoms. The number of piperidine rings is 1. The molecule has 3 heterocycles. The van der Waals surface area contributed by atoms with Crippen LogP contribution in [0.15, 0.2) is 0 Å². The van der Waals surface area contributed by atoms with E-state index in [1.54, 1.807) is 0 Å². The van der Waals surface area contributed by atoms with Crippen LogP contribution in [-0.4, -0.2) is 78.3 Å². The van der Waals surface area contributed by atoms with Crippen molar-refractivity contribution in [3.63, 3.8) is 0 Å². The number of aliphatic hydroxyl groups excluding tert-OH is 1. The highest BCUT2D eigenvalue weighted by molar-refractivity contribution is 4.96. The molecule has 0 bridgehead atoms. The van der Waals surface area contributed by atoms with E-state index in [1.807, 2.05) is 0 Å². The number of hydrogen-bond acceptors (Lipinski definition) is 5. The highest BCUT2D eigenvalue weighted by Gasteiger charge is 2.47. The summed E-state index contributed by atoms with van der Waals surface area (Å²) in [6.07, 6.45) is 6.28. The van der Waals surface area contributed by atoms with Crippen LogP contribution in [0.3, 0.4) is 0 Å². The van der Waals surface area contributed by atoms with E-state index < -0.39 is 5.79 Å². The minimum Gasteiger partial charge on any atom is -0.391 e. The van der Waals surface area contributed by atoms with Gasteiger partial charge in [0.2, 0.25) is 0 Å². The van der Waals surface area contributed by atoms with E-state index in [9.17, 15) is 5.11 Å². The van der Waals surface area contributed by atoms with Gasteiger partial charge in [-0.1, -0.05) is 6.42 Å². The van der Waals surface area contributed by atoms with Gasteiger partial charge in [-0.05, 0) is 25.8 Å². The maximum Gasteiger partial charge on any atom is 0.170 e. The first-order chi connectivity index (χ1) is 10.3. The first-order valence-corrected chi connectivity index (χ1v) is 8.70. The molecule has 0 radical (unpaired) electrons. The average Bonchev–Trinajstić information content (AvgIpc) is 2.98. The summed E-state index contributed by atoms with van der Waals surface area (Å²) in [5.41, 5.74) is 0. The van der Waals surface area contributed by atoms with Gasteiger partial charge < -0.3 is 14.6 Å². The number of ether oxygens (including phenoxy) is 2. The highest BCUT2D eigenvalue weighted by Crippen LogP contribution is 2.38. The average molecular weight is 296 g/mol. The van der Waals surface area contributed by atoms with Crippen molar-refractivity contribution in [3.05, 3.63) is 0 Å². The molecular formula is C16H28N2O3. The quantitative estimate of drug-likeness (QED) is 0.776. The lowest BCUT2D eigenvalue weighted by Crippen LogP contribution is -2.61. The van der Waals surface area contributed by atoms with E-state index in [0.717, 1.165) is 38.9 Å². The van der Waals surface area contributed by atoms with E-state index in [2.05, 4.69) is 9.80 Å². The zero-order valence-corrected chi connectivity index (χ0v) is 12.9. The van der Waals surface area contributed by atoms with Crippen molar-refractivity contribution in [2.24, 2.45) is 0 Å². The maximum atomic E-state index is 10.5. The molecule has 3 aliphatic heterocycles. The fourth-order valence-corrected chi connectivity index (χ4v) is 4.73. The van der Waals surface area contributed by atoms with Gasteiger partial charge in [-0.2, -0.15) is 0 Å². The topological polar surface area (TPSA) is 45.2 Å². The Labute approximate surface area is 127 Å². The van der Waals surface area contributed by atoms with E-state index in [4.69, 9.17) is 9.47 Å². The molecule has 120 valence electrons. The fourth-order valence-electron chi connectivity index (χ4n) is 4.73. The molecule has 1 aliphatic carbocycles. The molecule has 0 aromatic carbocycles. The number of hydrogen-bond donors (Lipinski definition) is 1. The summed E-state index contributed by atoms with van der Waals surface area (Å²) in [4.78, 5) is 5.16. The molecule has 3 unspecified atom stereocenters. The summed E-state index contributed by atoms with van der Waals surface area (Å²) in [6, 6.07) is 0.906. The summed E-state index contributed by atoms with van der Waals surface area (Å²) in [7, 11) is 0. The van der Waals surface area contributed by atoms with Crippen LogP contribution in [0.4, 0.5) is 0 Å². The summed E-state index contributed by atoms with van der Waals surface area (Å²) >= 11 is 0. The van der Waals surface area contributed by atoms with Crippen LogP contribution in [0, 0.1) is 0 Å². The molecule has 1 N–H and O–H groups in total. The monoisotopic (exact) mass is 296 g/mol. The lowest BCUT2D eigenvalue weighted by atomic mass is 9.85. The van der Waals surface area contributed by atoms with Gasteiger partial charge in [-0.15, -0.1) is 0 Å². The summed E-state index contributed by atoms with van der Waals surface area (Å²) in [6.45, 7) is 6.02. The van der Waals surface area contributed by atoms with Gasteiger partial charge in [0.05, 0.1) is 19.3 Å². The van der Waals surface area contributed by atoms with Gasteiger partial charge in [-0.25, -0.2) is 0 Å². The molecule has 0 aromatic rings. The molecule has 4 fully saturated rings. The molecule has 5 heteroatoms. The second-order valence-corrected chi connectivity index (χ2v) is 7.17. The molecule has 3 atom stereocenters. The number of fused-ring (bicyclic) bond motifs is 1. The third kappa shape index (κ3) is 2.75. The first kappa shape index (κ1) is 14.4. The molecular weight excluding hydrogens is 268 g/mol. The molecule has 4 rings (SSSR count). The zero-order chi connectivity index (χ0) is 14.3. The predicted octanol–water partition coefficient (Wildman–Crippen LogP) is 0.813. The second kappa shape index (κ2) is 5.78. The number of aliphatic hydroxyl groups is 1. The van der Waals surface area contributed by atoms with Crippen molar-refractivity contribution in [2.45, 2.75) is 62.5 Å². The van der Waals surface area contributed by atoms with E-state index in [0.29, 0.717) is 19.3 Å². The SMILES string of the molecule is OC1CCC2(CC1N1CCN3CCCCC3C1)OCCO2. The van der Waals surface area contributed by atoms with E-state index in [-0.39, 0.29) is 12.1 Å². The van der Waals surface area contributed by atoms with Crippen LogP contribution in [-0.2, 0) is 9.47 Å². The summed E-state index contributed by atoms with van der Waals surface area (Å²) < 4.78 is 11.8. The van der Waals surface area contributed by atoms with Gasteiger partial charge in [0.15, 0.2) is 5.79 Å². The third-order valence-corrected chi connectivity index (χ3v) is 5.94. The third-order valence-electron chi connectivity index (χ3n) is 5.94. The lowest BCUT2D eigenvalue weighted by molar-refractivity contribution is -0.207. The molecule has 3 saturated heterocycles. The van der Waals surface area contributed by atoms with Crippen LogP contribution >= 0.6 is 0 Å². The van der Waals surface area contributed by atoms with Crippen LogP contribution < -0.4 is 0 Å². The Kier molecular flexibility index (Phi) is 3.96. The minimum atomic E-state index is -0.395. The van der Waals surface area contributed by atoms with E-state index in [1.165, 1.54) is 25.8 Å². The van der Waals surface area contributed by atoms with Crippen molar-refractivity contribution in [1.29, 1.82) is 0 Å². The molecule has 1 spiro atoms. The zero-order valence-electron chi connectivity index (χ0n) is 12.9. The maximum absolute atomic E-state index is 10.5. The highest BCUT2D eigenvalue weighted by atomic mass is 16.7. The Morgan fingerprint density at radius 1 is 0.952 bits per heavy atom. The Balaban J connectivity index is 1.44. The number of piperazine rings is 1. The standard InChI is InChI=1S/C16H28N2O3/c19-15-4-5-16(20-9-10-21-16)11-14(15)18-8-7-17-6-2-1-3-13(17)12-18/h13-15,19H,1-12H2. The molecule has 5 nitrogen and oxygen atoms in total. The summed E-state index contributed by atoms with van der Waals surface area (Å²) in [5, 5.41) is 10.5. The second-order valence-electron chi connectivity index (χ2n) is 7.17.